The van der Waals surface area contributed by atoms with Gasteiger partial charge in [0, 0.05) is 39.5 Å². The summed E-state index contributed by atoms with van der Waals surface area (Å²) in [7, 11) is 1.76. The van der Waals surface area contributed by atoms with Gasteiger partial charge in [-0.1, -0.05) is 20.8 Å². The zero-order valence-corrected chi connectivity index (χ0v) is 12.2. The molecule has 4 nitrogen and oxygen atoms in total. The van der Waals surface area contributed by atoms with E-state index in [0.717, 1.165) is 39.1 Å². The fraction of sp³-hybridized carbons (Fsp3) is 0.786. The fourth-order valence-electron chi connectivity index (χ4n) is 1.92. The molecule has 0 saturated carbocycles. The molecule has 0 bridgehead atoms. The van der Waals surface area contributed by atoms with E-state index in [1.807, 2.05) is 6.20 Å². The lowest BCUT2D eigenvalue weighted by molar-refractivity contribution is 0.150. The van der Waals surface area contributed by atoms with Crippen LogP contribution in [0.25, 0.3) is 0 Å². The molecular weight excluding hydrogens is 226 g/mol. The average molecular weight is 253 g/mol. The molecule has 104 valence electrons. The van der Waals surface area contributed by atoms with Crippen LogP contribution in [0.3, 0.4) is 0 Å². The van der Waals surface area contributed by atoms with Crippen LogP contribution in [-0.4, -0.2) is 30.0 Å². The average Bonchev–Trinajstić information content (AvgIpc) is 2.75. The molecule has 4 heteroatoms. The standard InChI is InChI=1S/C14H27N3O/c1-5-9-17-13(6-8-16-17)11-15-12-14(2,3)7-10-18-4/h6,8,15H,5,7,9-12H2,1-4H3. The highest BCUT2D eigenvalue weighted by Gasteiger charge is 2.17. The monoisotopic (exact) mass is 253 g/mol. The van der Waals surface area contributed by atoms with Gasteiger partial charge in [-0.15, -0.1) is 0 Å². The summed E-state index contributed by atoms with van der Waals surface area (Å²) in [5, 5.41) is 7.85. The second-order valence-corrected chi connectivity index (χ2v) is 5.56. The number of methoxy groups -OCH3 is 1. The lowest BCUT2D eigenvalue weighted by atomic mass is 9.90. The van der Waals surface area contributed by atoms with Gasteiger partial charge >= 0.3 is 0 Å². The zero-order chi connectivity index (χ0) is 13.4. The first kappa shape index (κ1) is 15.2. The Morgan fingerprint density at radius 3 is 2.89 bits per heavy atom. The summed E-state index contributed by atoms with van der Waals surface area (Å²) in [5.74, 6) is 0. The summed E-state index contributed by atoms with van der Waals surface area (Å²) in [4.78, 5) is 0. The Labute approximate surface area is 111 Å². The second kappa shape index (κ2) is 7.54. The van der Waals surface area contributed by atoms with Crippen LogP contribution in [0.15, 0.2) is 12.3 Å². The van der Waals surface area contributed by atoms with Crippen molar-refractivity contribution in [3.63, 3.8) is 0 Å². The molecule has 1 aromatic heterocycles. The smallest absolute Gasteiger partial charge is 0.0522 e. The van der Waals surface area contributed by atoms with Crippen molar-refractivity contribution < 1.29 is 4.74 Å². The minimum Gasteiger partial charge on any atom is -0.385 e. The quantitative estimate of drug-likeness (QED) is 0.734. The number of nitrogens with one attached hydrogen (secondary N) is 1. The van der Waals surface area contributed by atoms with Crippen LogP contribution in [0.5, 0.6) is 0 Å². The molecule has 1 aromatic rings. The lowest BCUT2D eigenvalue weighted by Gasteiger charge is -2.24. The van der Waals surface area contributed by atoms with Gasteiger partial charge in [-0.05, 0) is 24.3 Å². The zero-order valence-electron chi connectivity index (χ0n) is 12.2. The molecule has 1 rings (SSSR count). The highest BCUT2D eigenvalue weighted by Crippen LogP contribution is 2.18. The van der Waals surface area contributed by atoms with Gasteiger partial charge in [0.1, 0.15) is 0 Å². The van der Waals surface area contributed by atoms with Crippen molar-refractivity contribution in [3.8, 4) is 0 Å². The van der Waals surface area contributed by atoms with Gasteiger partial charge in [0.2, 0.25) is 0 Å². The Hall–Kier alpha value is -0.870. The lowest BCUT2D eigenvalue weighted by Crippen LogP contribution is -2.30. The van der Waals surface area contributed by atoms with Gasteiger partial charge in [0.05, 0.1) is 5.69 Å². The Balaban J connectivity index is 2.34. The summed E-state index contributed by atoms with van der Waals surface area (Å²) in [6, 6.07) is 2.09. The van der Waals surface area contributed by atoms with E-state index in [9.17, 15) is 0 Å². The number of rotatable bonds is 9. The van der Waals surface area contributed by atoms with Crippen LogP contribution in [0.1, 0.15) is 39.3 Å². The topological polar surface area (TPSA) is 39.1 Å². The van der Waals surface area contributed by atoms with E-state index in [4.69, 9.17) is 4.74 Å². The summed E-state index contributed by atoms with van der Waals surface area (Å²) in [5.41, 5.74) is 1.53. The Kier molecular flexibility index (Phi) is 6.36. The van der Waals surface area contributed by atoms with Gasteiger partial charge in [-0.3, -0.25) is 4.68 Å². The Morgan fingerprint density at radius 1 is 1.44 bits per heavy atom. The third-order valence-electron chi connectivity index (χ3n) is 3.13. The predicted molar refractivity (Wildman–Crippen MR) is 74.5 cm³/mol. The highest BCUT2D eigenvalue weighted by molar-refractivity contribution is 5.00. The van der Waals surface area contributed by atoms with E-state index < -0.39 is 0 Å². The van der Waals surface area contributed by atoms with Gasteiger partial charge < -0.3 is 10.1 Å². The summed E-state index contributed by atoms with van der Waals surface area (Å²) in [6.45, 7) is 10.4. The molecule has 0 aliphatic rings. The first-order chi connectivity index (χ1) is 8.59. The van der Waals surface area contributed by atoms with Crippen molar-refractivity contribution in [2.24, 2.45) is 5.41 Å². The Bertz CT molecular complexity index is 334. The number of hydrogen-bond donors (Lipinski definition) is 1. The van der Waals surface area contributed by atoms with Crippen LogP contribution in [0, 0.1) is 5.41 Å². The van der Waals surface area contributed by atoms with Crippen molar-refractivity contribution in [2.45, 2.75) is 46.7 Å². The summed E-state index contributed by atoms with van der Waals surface area (Å²) < 4.78 is 7.22. The number of nitrogens with zero attached hydrogens (tertiary/aromatic N) is 2. The molecule has 1 heterocycles. The van der Waals surface area contributed by atoms with E-state index in [1.165, 1.54) is 5.69 Å². The van der Waals surface area contributed by atoms with E-state index in [1.54, 1.807) is 7.11 Å². The molecule has 0 fully saturated rings. The van der Waals surface area contributed by atoms with Gasteiger partial charge in [0.15, 0.2) is 0 Å². The third kappa shape index (κ3) is 5.19. The molecule has 0 amide bonds. The van der Waals surface area contributed by atoms with Gasteiger partial charge in [-0.2, -0.15) is 5.10 Å². The first-order valence-corrected chi connectivity index (χ1v) is 6.79. The SMILES string of the molecule is CCCn1nccc1CNCC(C)(C)CCOC. The third-order valence-corrected chi connectivity index (χ3v) is 3.13. The normalized spacial score (nSPS) is 12.0. The summed E-state index contributed by atoms with van der Waals surface area (Å²) in [6.07, 6.45) is 4.07. The van der Waals surface area contributed by atoms with Crippen molar-refractivity contribution >= 4 is 0 Å². The van der Waals surface area contributed by atoms with E-state index in [-0.39, 0.29) is 5.41 Å². The molecule has 0 saturated heterocycles. The van der Waals surface area contributed by atoms with Gasteiger partial charge in [-0.25, -0.2) is 0 Å². The van der Waals surface area contributed by atoms with Crippen molar-refractivity contribution in [3.05, 3.63) is 18.0 Å². The maximum atomic E-state index is 5.14. The van der Waals surface area contributed by atoms with E-state index >= 15 is 0 Å². The number of hydrogen-bond acceptors (Lipinski definition) is 3. The summed E-state index contributed by atoms with van der Waals surface area (Å²) >= 11 is 0. The van der Waals surface area contributed by atoms with Crippen molar-refractivity contribution in [2.75, 3.05) is 20.3 Å². The van der Waals surface area contributed by atoms with Gasteiger partial charge in [0.25, 0.3) is 0 Å². The Morgan fingerprint density at radius 2 is 2.22 bits per heavy atom. The number of aryl methyl sites for hydroxylation is 1. The minimum atomic E-state index is 0.269. The van der Waals surface area contributed by atoms with E-state index in [2.05, 4.69) is 41.9 Å². The molecule has 0 spiro atoms. The molecule has 0 unspecified atom stereocenters. The number of ether oxygens (including phenoxy) is 1. The number of aromatic nitrogens is 2. The van der Waals surface area contributed by atoms with Crippen molar-refractivity contribution in [1.82, 2.24) is 15.1 Å². The van der Waals surface area contributed by atoms with Crippen LogP contribution in [0.2, 0.25) is 0 Å². The van der Waals surface area contributed by atoms with Crippen LogP contribution >= 0.6 is 0 Å². The molecule has 0 atom stereocenters. The maximum Gasteiger partial charge on any atom is 0.0522 e. The molecule has 0 radical (unpaired) electrons. The molecule has 1 N–H and O–H groups in total. The molecule has 18 heavy (non-hydrogen) atoms. The second-order valence-electron chi connectivity index (χ2n) is 5.56. The predicted octanol–water partition coefficient (Wildman–Crippen LogP) is 2.45. The van der Waals surface area contributed by atoms with Crippen LogP contribution in [-0.2, 0) is 17.8 Å². The largest absolute Gasteiger partial charge is 0.385 e. The van der Waals surface area contributed by atoms with E-state index in [0.29, 0.717) is 0 Å². The fourth-order valence-corrected chi connectivity index (χ4v) is 1.92. The minimum absolute atomic E-state index is 0.269. The molecule has 0 aromatic carbocycles. The maximum absolute atomic E-state index is 5.14. The molecule has 0 aliphatic carbocycles. The van der Waals surface area contributed by atoms with Crippen molar-refractivity contribution in [1.29, 1.82) is 0 Å². The van der Waals surface area contributed by atoms with Crippen LogP contribution < -0.4 is 5.32 Å². The molecule has 0 aliphatic heterocycles. The first-order valence-electron chi connectivity index (χ1n) is 6.79. The van der Waals surface area contributed by atoms with Crippen LogP contribution in [0.4, 0.5) is 0 Å². The molecular formula is C14H27N3O. The highest BCUT2D eigenvalue weighted by atomic mass is 16.5.